The van der Waals surface area contributed by atoms with E-state index in [1.165, 1.54) is 0 Å². The van der Waals surface area contributed by atoms with E-state index < -0.39 is 5.54 Å². The Kier molecular flexibility index (Phi) is 17.1. The van der Waals surface area contributed by atoms with Crippen LogP contribution in [-0.2, 0) is 48.4 Å². The molecule has 0 saturated carbocycles. The minimum atomic E-state index is -0.556. The number of nitrogens with one attached hydrogen (secondary N) is 1. The maximum absolute atomic E-state index is 13.8. The van der Waals surface area contributed by atoms with Gasteiger partial charge in [-0.05, 0) is 34.4 Å². The second-order valence-corrected chi connectivity index (χ2v) is 15.2. The van der Waals surface area contributed by atoms with Crippen LogP contribution in [0.4, 0.5) is 0 Å². The predicted molar refractivity (Wildman–Crippen MR) is 212 cm³/mol. The Morgan fingerprint density at radius 2 is 1.02 bits per heavy atom. The van der Waals surface area contributed by atoms with Crippen LogP contribution < -0.4 is 5.32 Å². The van der Waals surface area contributed by atoms with Crippen LogP contribution in [0, 0.1) is 17.8 Å². The number of hydrogen-bond donors (Lipinski definition) is 1. The summed E-state index contributed by atoms with van der Waals surface area (Å²) < 4.78 is 17.4. The molecule has 1 aliphatic heterocycles. The first-order valence-electron chi connectivity index (χ1n) is 19.5. The lowest BCUT2D eigenvalue weighted by Crippen LogP contribution is -2.71. The third-order valence-electron chi connectivity index (χ3n) is 10.5. The Labute approximate surface area is 323 Å². The molecular formula is C44H62N4O6. The van der Waals surface area contributed by atoms with Crippen molar-refractivity contribution in [2.24, 2.45) is 17.8 Å². The standard InChI is InChI=1S/C44H62N4O6/c1-34(2)43-44(35(3)4,36(5)6)48(30-42(51)54-33-39-20-14-9-15-21-39)25-23-45-22-24-46(28-40(49)52-31-37-16-10-7-11-17-37)26-27-47(43)29-41(50)53-32-38-18-12-8-13-19-38/h7-21,34-36,43,45H,22-33H2,1-6H3. The van der Waals surface area contributed by atoms with E-state index in [9.17, 15) is 14.4 Å². The van der Waals surface area contributed by atoms with Crippen LogP contribution in [0.2, 0.25) is 0 Å². The fraction of sp³-hybridized carbons (Fsp3) is 0.523. The molecule has 0 aliphatic carbocycles. The Morgan fingerprint density at radius 1 is 0.593 bits per heavy atom. The minimum absolute atomic E-state index is 0.0632. The van der Waals surface area contributed by atoms with Gasteiger partial charge < -0.3 is 19.5 Å². The predicted octanol–water partition coefficient (Wildman–Crippen LogP) is 5.80. The highest BCUT2D eigenvalue weighted by Gasteiger charge is 2.52. The summed E-state index contributed by atoms with van der Waals surface area (Å²) in [6.45, 7) is 17.7. The van der Waals surface area contributed by atoms with Gasteiger partial charge in [-0.25, -0.2) is 0 Å². The van der Waals surface area contributed by atoms with Crippen LogP contribution in [0.25, 0.3) is 0 Å². The van der Waals surface area contributed by atoms with E-state index in [0.717, 1.165) is 16.7 Å². The summed E-state index contributed by atoms with van der Waals surface area (Å²) in [5, 5.41) is 3.59. The minimum Gasteiger partial charge on any atom is -0.460 e. The molecule has 54 heavy (non-hydrogen) atoms. The molecule has 10 heteroatoms. The largest absolute Gasteiger partial charge is 0.460 e. The molecule has 0 amide bonds. The van der Waals surface area contributed by atoms with Gasteiger partial charge in [0.1, 0.15) is 19.8 Å². The van der Waals surface area contributed by atoms with Gasteiger partial charge in [0.05, 0.1) is 19.6 Å². The van der Waals surface area contributed by atoms with Gasteiger partial charge in [0.15, 0.2) is 0 Å². The summed E-state index contributed by atoms with van der Waals surface area (Å²) in [4.78, 5) is 47.3. The number of nitrogens with zero attached hydrogens (tertiary/aromatic N) is 3. The van der Waals surface area contributed by atoms with Crippen molar-refractivity contribution < 1.29 is 28.6 Å². The zero-order valence-corrected chi connectivity index (χ0v) is 33.2. The molecule has 1 heterocycles. The zero-order valence-electron chi connectivity index (χ0n) is 33.2. The Balaban J connectivity index is 1.64. The highest BCUT2D eigenvalue weighted by Crippen LogP contribution is 2.42. The molecule has 0 spiro atoms. The van der Waals surface area contributed by atoms with Gasteiger partial charge in [0, 0.05) is 50.8 Å². The molecule has 3 aromatic carbocycles. The summed E-state index contributed by atoms with van der Waals surface area (Å²) in [5.41, 5.74) is 2.24. The molecule has 10 nitrogen and oxygen atoms in total. The van der Waals surface area contributed by atoms with Gasteiger partial charge in [-0.15, -0.1) is 0 Å². The molecule has 1 aliphatic rings. The smallest absolute Gasteiger partial charge is 0.320 e. The van der Waals surface area contributed by atoms with Crippen molar-refractivity contribution in [3.8, 4) is 0 Å². The molecule has 1 saturated heterocycles. The number of carbonyl (C=O) groups is 3. The second kappa shape index (κ2) is 21.7. The average Bonchev–Trinajstić information content (AvgIpc) is 3.15. The van der Waals surface area contributed by atoms with E-state index in [0.29, 0.717) is 39.3 Å². The van der Waals surface area contributed by atoms with Crippen LogP contribution in [0.3, 0.4) is 0 Å². The fourth-order valence-corrected chi connectivity index (χ4v) is 8.21. The average molecular weight is 743 g/mol. The number of esters is 3. The molecule has 1 atom stereocenters. The third kappa shape index (κ3) is 12.5. The number of benzene rings is 3. The van der Waals surface area contributed by atoms with Crippen molar-refractivity contribution in [1.29, 1.82) is 0 Å². The van der Waals surface area contributed by atoms with Crippen molar-refractivity contribution in [3.63, 3.8) is 0 Å². The Morgan fingerprint density at radius 3 is 1.46 bits per heavy atom. The summed E-state index contributed by atoms with van der Waals surface area (Å²) in [5.74, 6) is -0.641. The van der Waals surface area contributed by atoms with Gasteiger partial charge in [0.25, 0.3) is 0 Å². The van der Waals surface area contributed by atoms with Crippen LogP contribution in [0.15, 0.2) is 91.0 Å². The molecule has 1 fully saturated rings. The number of hydrogen-bond acceptors (Lipinski definition) is 10. The lowest BCUT2D eigenvalue weighted by Gasteiger charge is -2.58. The first-order chi connectivity index (χ1) is 26.0. The topological polar surface area (TPSA) is 101 Å². The zero-order chi connectivity index (χ0) is 38.9. The third-order valence-corrected chi connectivity index (χ3v) is 10.5. The number of ether oxygens (including phenoxy) is 3. The summed E-state index contributed by atoms with van der Waals surface area (Å²) in [6.07, 6.45) is 0. The quantitative estimate of drug-likeness (QED) is 0.152. The highest BCUT2D eigenvalue weighted by molar-refractivity contribution is 5.73. The normalized spacial score (nSPS) is 17.8. The Hall–Kier alpha value is -4.09. The van der Waals surface area contributed by atoms with Crippen LogP contribution >= 0.6 is 0 Å². The first kappa shape index (κ1) is 42.6. The van der Waals surface area contributed by atoms with Gasteiger partial charge >= 0.3 is 17.9 Å². The second-order valence-electron chi connectivity index (χ2n) is 15.2. The molecule has 4 rings (SSSR count). The molecule has 0 aromatic heterocycles. The van der Waals surface area contributed by atoms with Gasteiger partial charge in [0.2, 0.25) is 0 Å². The van der Waals surface area contributed by atoms with Crippen molar-refractivity contribution in [2.45, 2.75) is 72.9 Å². The van der Waals surface area contributed by atoms with Gasteiger partial charge in [-0.2, -0.15) is 0 Å². The summed E-state index contributed by atoms with van der Waals surface area (Å²) in [7, 11) is 0. The maximum atomic E-state index is 13.8. The lowest BCUT2D eigenvalue weighted by atomic mass is 9.66. The number of rotatable bonds is 15. The lowest BCUT2D eigenvalue weighted by molar-refractivity contribution is -0.158. The van der Waals surface area contributed by atoms with Gasteiger partial charge in [-0.1, -0.05) is 133 Å². The molecular weight excluding hydrogens is 681 g/mol. The summed E-state index contributed by atoms with van der Waals surface area (Å²) in [6, 6.07) is 28.9. The fourth-order valence-electron chi connectivity index (χ4n) is 8.21. The van der Waals surface area contributed by atoms with Crippen LogP contribution in [-0.4, -0.2) is 103 Å². The van der Waals surface area contributed by atoms with Crippen LogP contribution in [0.5, 0.6) is 0 Å². The van der Waals surface area contributed by atoms with Crippen molar-refractivity contribution in [3.05, 3.63) is 108 Å². The summed E-state index contributed by atoms with van der Waals surface area (Å²) >= 11 is 0. The van der Waals surface area contributed by atoms with E-state index in [-0.39, 0.29) is 81.2 Å². The monoisotopic (exact) mass is 742 g/mol. The van der Waals surface area contributed by atoms with Crippen molar-refractivity contribution >= 4 is 17.9 Å². The first-order valence-corrected chi connectivity index (χ1v) is 19.5. The van der Waals surface area contributed by atoms with Crippen molar-refractivity contribution in [2.75, 3.05) is 58.9 Å². The van der Waals surface area contributed by atoms with Gasteiger partial charge in [-0.3, -0.25) is 29.1 Å². The van der Waals surface area contributed by atoms with E-state index in [4.69, 9.17) is 14.2 Å². The molecule has 1 N–H and O–H groups in total. The molecule has 0 bridgehead atoms. The maximum Gasteiger partial charge on any atom is 0.320 e. The van der Waals surface area contributed by atoms with E-state index in [1.807, 2.05) is 91.0 Å². The molecule has 294 valence electrons. The van der Waals surface area contributed by atoms with Crippen LogP contribution in [0.1, 0.15) is 58.2 Å². The molecule has 3 aromatic rings. The molecule has 1 unspecified atom stereocenters. The SMILES string of the molecule is CC(C)C1N(CC(=O)OCc2ccccc2)CCN(CC(=O)OCc2ccccc2)CCNCCN(CC(=O)OCc2ccccc2)C1(C(C)C)C(C)C. The Bertz CT molecular complexity index is 1550. The highest BCUT2D eigenvalue weighted by atomic mass is 16.5. The van der Waals surface area contributed by atoms with E-state index in [2.05, 4.69) is 61.6 Å². The number of carbonyl (C=O) groups excluding carboxylic acids is 3. The molecule has 0 radical (unpaired) electrons. The van der Waals surface area contributed by atoms with E-state index in [1.54, 1.807) is 0 Å². The van der Waals surface area contributed by atoms with Crippen molar-refractivity contribution in [1.82, 2.24) is 20.0 Å². The van der Waals surface area contributed by atoms with E-state index >= 15 is 0 Å².